The Labute approximate surface area is 218 Å². The van der Waals surface area contributed by atoms with Crippen LogP contribution in [0.25, 0.3) is 0 Å². The highest BCUT2D eigenvalue weighted by Crippen LogP contribution is 2.32. The fraction of sp³-hybridized carbons (Fsp3) is 0.296. The molecule has 0 aliphatic heterocycles. The van der Waals surface area contributed by atoms with Crippen molar-refractivity contribution in [3.63, 3.8) is 0 Å². The van der Waals surface area contributed by atoms with E-state index in [9.17, 15) is 18.0 Å². The molecule has 8 heteroatoms. The van der Waals surface area contributed by atoms with E-state index >= 15 is 0 Å². The van der Waals surface area contributed by atoms with Crippen molar-refractivity contribution in [2.24, 2.45) is 0 Å². The summed E-state index contributed by atoms with van der Waals surface area (Å²) in [7, 11) is 0. The van der Waals surface area contributed by atoms with Crippen LogP contribution in [0.1, 0.15) is 53.4 Å². The second-order valence-corrected chi connectivity index (χ2v) is 10.7. The largest absolute Gasteiger partial charge is 0.416 e. The molecule has 0 aliphatic carbocycles. The van der Waals surface area contributed by atoms with Gasteiger partial charge in [0.1, 0.15) is 0 Å². The van der Waals surface area contributed by atoms with Crippen LogP contribution in [0, 0.1) is 0 Å². The van der Waals surface area contributed by atoms with Gasteiger partial charge in [0.2, 0.25) is 0 Å². The van der Waals surface area contributed by atoms with Gasteiger partial charge in [-0.05, 0) is 64.9 Å². The van der Waals surface area contributed by atoms with Crippen LogP contribution in [-0.4, -0.2) is 17.4 Å². The number of amides is 1. The Hall–Kier alpha value is -2.21. The van der Waals surface area contributed by atoms with Crippen molar-refractivity contribution in [2.75, 3.05) is 6.54 Å². The molecule has 0 N–H and O–H groups in total. The zero-order valence-electron chi connectivity index (χ0n) is 19.5. The average molecular weight is 543 g/mol. The molecule has 3 rings (SSSR count). The Morgan fingerprint density at radius 3 is 1.89 bits per heavy atom. The van der Waals surface area contributed by atoms with Gasteiger partial charge in [-0.15, -0.1) is 0 Å². The number of carbonyl (C=O) groups excluding carboxylic acids is 1. The van der Waals surface area contributed by atoms with Crippen molar-refractivity contribution in [1.82, 2.24) is 4.90 Å². The standard InChI is InChI=1S/C27H25Cl3F3NO/c1-26(2,3)20-6-4-17(5-7-20)16-34(9-8-18-10-22(28)15-23(29)11-18)25(35)19-12-21(27(31,32)33)14-24(30)13-19/h4-7,10-15H,8-9,16H2,1-3H3. The molecule has 35 heavy (non-hydrogen) atoms. The SMILES string of the molecule is CC(C)(C)c1ccc(CN(CCc2cc(Cl)cc(Cl)c2)C(=O)c2cc(Cl)cc(C(F)(F)F)c2)cc1. The number of rotatable bonds is 6. The molecule has 0 bridgehead atoms. The molecule has 0 fully saturated rings. The molecule has 0 atom stereocenters. The Morgan fingerprint density at radius 2 is 1.34 bits per heavy atom. The maximum absolute atomic E-state index is 13.4. The molecule has 0 spiro atoms. The number of halogens is 6. The molecule has 0 saturated heterocycles. The van der Waals surface area contributed by atoms with E-state index in [-0.39, 0.29) is 29.1 Å². The quantitative estimate of drug-likeness (QED) is 0.305. The van der Waals surface area contributed by atoms with Crippen LogP contribution in [0.5, 0.6) is 0 Å². The first-order chi connectivity index (χ1) is 16.2. The summed E-state index contributed by atoms with van der Waals surface area (Å²) in [6, 6.07) is 15.8. The highest BCUT2D eigenvalue weighted by Gasteiger charge is 2.32. The molecule has 2 nitrogen and oxygen atoms in total. The maximum atomic E-state index is 13.4. The van der Waals surface area contributed by atoms with Gasteiger partial charge in [0.15, 0.2) is 0 Å². The van der Waals surface area contributed by atoms with Crippen LogP contribution >= 0.6 is 34.8 Å². The molecule has 0 aliphatic rings. The fourth-order valence-electron chi connectivity index (χ4n) is 3.66. The van der Waals surface area contributed by atoms with Gasteiger partial charge in [-0.3, -0.25) is 4.79 Å². The van der Waals surface area contributed by atoms with Crippen molar-refractivity contribution in [3.05, 3.63) is 104 Å². The Kier molecular flexibility index (Phi) is 8.46. The minimum atomic E-state index is -4.62. The van der Waals surface area contributed by atoms with Gasteiger partial charge < -0.3 is 4.90 Å². The molecule has 1 amide bonds. The van der Waals surface area contributed by atoms with E-state index in [1.807, 2.05) is 24.3 Å². The summed E-state index contributed by atoms with van der Waals surface area (Å²) in [4.78, 5) is 14.9. The summed E-state index contributed by atoms with van der Waals surface area (Å²) < 4.78 is 40.0. The number of benzene rings is 3. The smallest absolute Gasteiger partial charge is 0.334 e. The fourth-order valence-corrected chi connectivity index (χ4v) is 4.47. The minimum Gasteiger partial charge on any atom is -0.334 e. The van der Waals surface area contributed by atoms with Gasteiger partial charge >= 0.3 is 6.18 Å². The van der Waals surface area contributed by atoms with Crippen LogP contribution in [0.15, 0.2) is 60.7 Å². The second-order valence-electron chi connectivity index (χ2n) is 9.43. The molecule has 3 aromatic carbocycles. The molecular weight excluding hydrogens is 518 g/mol. The van der Waals surface area contributed by atoms with E-state index in [4.69, 9.17) is 34.8 Å². The Bertz CT molecular complexity index is 1180. The Morgan fingerprint density at radius 1 is 0.771 bits per heavy atom. The van der Waals surface area contributed by atoms with E-state index in [1.54, 1.807) is 18.2 Å². The van der Waals surface area contributed by atoms with Crippen molar-refractivity contribution in [2.45, 2.75) is 45.3 Å². The van der Waals surface area contributed by atoms with E-state index < -0.39 is 17.6 Å². The summed E-state index contributed by atoms with van der Waals surface area (Å²) in [5, 5.41) is 0.778. The number of nitrogens with zero attached hydrogens (tertiary/aromatic N) is 1. The third-order valence-corrected chi connectivity index (χ3v) is 6.20. The summed E-state index contributed by atoms with van der Waals surface area (Å²) in [5.74, 6) is -0.550. The number of alkyl halides is 3. The van der Waals surface area contributed by atoms with Crippen molar-refractivity contribution >= 4 is 40.7 Å². The number of hydrogen-bond acceptors (Lipinski definition) is 1. The Balaban J connectivity index is 1.92. The average Bonchev–Trinajstić information content (AvgIpc) is 2.74. The second kappa shape index (κ2) is 10.8. The molecule has 186 valence electrons. The van der Waals surface area contributed by atoms with Crippen molar-refractivity contribution < 1.29 is 18.0 Å². The third-order valence-electron chi connectivity index (χ3n) is 5.55. The molecule has 0 radical (unpaired) electrons. The number of carbonyl (C=O) groups is 1. The molecule has 0 heterocycles. The molecular formula is C27H25Cl3F3NO. The lowest BCUT2D eigenvalue weighted by molar-refractivity contribution is -0.137. The van der Waals surface area contributed by atoms with Crippen LogP contribution in [0.2, 0.25) is 15.1 Å². The van der Waals surface area contributed by atoms with Gasteiger partial charge in [-0.1, -0.05) is 79.8 Å². The first-order valence-corrected chi connectivity index (χ1v) is 12.1. The summed E-state index contributed by atoms with van der Waals surface area (Å²) in [6.45, 7) is 6.76. The van der Waals surface area contributed by atoms with Gasteiger partial charge in [-0.2, -0.15) is 13.2 Å². The minimum absolute atomic E-state index is 0.0331. The first-order valence-electron chi connectivity index (χ1n) is 10.9. The molecule has 0 unspecified atom stereocenters. The van der Waals surface area contributed by atoms with Crippen LogP contribution < -0.4 is 0 Å². The highest BCUT2D eigenvalue weighted by atomic mass is 35.5. The van der Waals surface area contributed by atoms with Crippen molar-refractivity contribution in [1.29, 1.82) is 0 Å². The number of hydrogen-bond donors (Lipinski definition) is 0. The monoisotopic (exact) mass is 541 g/mol. The van der Waals surface area contributed by atoms with Crippen LogP contribution in [0.4, 0.5) is 13.2 Å². The first kappa shape index (κ1) is 27.4. The van der Waals surface area contributed by atoms with Gasteiger partial charge in [0.05, 0.1) is 5.56 Å². The lowest BCUT2D eigenvalue weighted by atomic mass is 9.87. The van der Waals surface area contributed by atoms with E-state index in [0.717, 1.165) is 28.8 Å². The highest BCUT2D eigenvalue weighted by molar-refractivity contribution is 6.34. The lowest BCUT2D eigenvalue weighted by Gasteiger charge is -2.25. The van der Waals surface area contributed by atoms with Gasteiger partial charge in [-0.25, -0.2) is 0 Å². The summed E-state index contributed by atoms with van der Waals surface area (Å²) in [6.07, 6.45) is -4.20. The maximum Gasteiger partial charge on any atom is 0.416 e. The van der Waals surface area contributed by atoms with Crippen LogP contribution in [-0.2, 0) is 24.6 Å². The lowest BCUT2D eigenvalue weighted by Crippen LogP contribution is -2.32. The molecule has 0 aromatic heterocycles. The van der Waals surface area contributed by atoms with Crippen LogP contribution in [0.3, 0.4) is 0 Å². The van der Waals surface area contributed by atoms with Gasteiger partial charge in [0, 0.05) is 33.7 Å². The summed E-state index contributed by atoms with van der Waals surface area (Å²) >= 11 is 18.1. The van der Waals surface area contributed by atoms with E-state index in [0.29, 0.717) is 16.5 Å². The van der Waals surface area contributed by atoms with E-state index in [2.05, 4.69) is 20.8 Å². The summed E-state index contributed by atoms with van der Waals surface area (Å²) in [5.41, 5.74) is 1.68. The van der Waals surface area contributed by atoms with Gasteiger partial charge in [0.25, 0.3) is 5.91 Å². The zero-order chi connectivity index (χ0) is 26.0. The normalized spacial score (nSPS) is 12.0. The zero-order valence-corrected chi connectivity index (χ0v) is 21.8. The molecule has 3 aromatic rings. The van der Waals surface area contributed by atoms with E-state index in [1.165, 1.54) is 11.0 Å². The predicted octanol–water partition coefficient (Wildman–Crippen LogP) is 8.85. The third kappa shape index (κ3) is 7.63. The topological polar surface area (TPSA) is 20.3 Å². The van der Waals surface area contributed by atoms with Crippen molar-refractivity contribution in [3.8, 4) is 0 Å². The molecule has 0 saturated carbocycles. The predicted molar refractivity (Wildman–Crippen MR) is 137 cm³/mol.